The van der Waals surface area contributed by atoms with Crippen LogP contribution in [0.15, 0.2) is 113 Å². The first-order valence-electron chi connectivity index (χ1n) is 16.5. The van der Waals surface area contributed by atoms with Crippen molar-refractivity contribution in [2.75, 3.05) is 42.4 Å². The van der Waals surface area contributed by atoms with E-state index in [2.05, 4.69) is 0 Å². The first kappa shape index (κ1) is 43.7. The highest BCUT2D eigenvalue weighted by Gasteiger charge is 2.38. The summed E-state index contributed by atoms with van der Waals surface area (Å²) < 4.78 is 97.1. The number of methoxy groups -OCH3 is 2. The fourth-order valence-electron chi connectivity index (χ4n) is 5.69. The third-order valence-electron chi connectivity index (χ3n) is 8.09. The smallest absolute Gasteiger partial charge is 0.490 e. The van der Waals surface area contributed by atoms with Gasteiger partial charge in [-0.05, 0) is 82.8 Å². The van der Waals surface area contributed by atoms with Gasteiger partial charge in [-0.25, -0.2) is 29.6 Å². The number of alkyl halides is 3. The molecular formula is C38H40ClF3N4O8S2. The molecule has 0 aliphatic carbocycles. The SMILES string of the molecule is COc1ccc2c(c(Cl)cn2S(=O)(=O)c2ccccc2)c1CN(C)C.COc1ccc2c(ccn2S(=O)(=O)c2ccccc2)c1CN(C)C.O=C(O)C(F)(F)F. The van der Waals surface area contributed by atoms with Gasteiger partial charge in [-0.2, -0.15) is 13.2 Å². The molecule has 0 unspecified atom stereocenters. The number of aliphatic carboxylic acids is 1. The number of halogens is 4. The second-order valence-corrected chi connectivity index (χ2v) is 16.7. The molecule has 18 heteroatoms. The number of ether oxygens (including phenoxy) is 2. The molecular weight excluding hydrogens is 797 g/mol. The number of benzene rings is 4. The van der Waals surface area contributed by atoms with Crippen LogP contribution in [0.4, 0.5) is 13.2 Å². The van der Waals surface area contributed by atoms with Crippen molar-refractivity contribution in [2.24, 2.45) is 0 Å². The number of carbonyl (C=O) groups is 1. The van der Waals surface area contributed by atoms with Crippen LogP contribution < -0.4 is 9.47 Å². The summed E-state index contributed by atoms with van der Waals surface area (Å²) >= 11 is 6.43. The van der Waals surface area contributed by atoms with Crippen molar-refractivity contribution in [1.82, 2.24) is 17.7 Å². The molecule has 6 rings (SSSR count). The minimum absolute atomic E-state index is 0.216. The Kier molecular flexibility index (Phi) is 13.9. The normalized spacial score (nSPS) is 11.9. The van der Waals surface area contributed by atoms with E-state index >= 15 is 0 Å². The topological polar surface area (TPSA) is 140 Å². The molecule has 0 amide bonds. The Balaban J connectivity index is 0.000000213. The zero-order valence-electron chi connectivity index (χ0n) is 31.2. The van der Waals surface area contributed by atoms with E-state index < -0.39 is 32.2 Å². The molecule has 0 atom stereocenters. The lowest BCUT2D eigenvalue weighted by Crippen LogP contribution is -2.21. The van der Waals surface area contributed by atoms with Crippen molar-refractivity contribution in [2.45, 2.75) is 29.1 Å². The van der Waals surface area contributed by atoms with E-state index in [9.17, 15) is 30.0 Å². The number of aromatic nitrogens is 2. The summed E-state index contributed by atoms with van der Waals surface area (Å²) in [5.41, 5.74) is 3.02. The molecule has 300 valence electrons. The lowest BCUT2D eigenvalue weighted by atomic mass is 10.1. The molecule has 0 bridgehead atoms. The van der Waals surface area contributed by atoms with Crippen molar-refractivity contribution in [3.63, 3.8) is 0 Å². The summed E-state index contributed by atoms with van der Waals surface area (Å²) in [6, 6.07) is 25.7. The van der Waals surface area contributed by atoms with Crippen LogP contribution in [-0.4, -0.2) is 94.2 Å². The monoisotopic (exact) mass is 836 g/mol. The average molecular weight is 837 g/mol. The van der Waals surface area contributed by atoms with Crippen molar-refractivity contribution in [3.05, 3.63) is 120 Å². The number of rotatable bonds is 10. The van der Waals surface area contributed by atoms with Crippen LogP contribution in [0.5, 0.6) is 11.5 Å². The van der Waals surface area contributed by atoms with Gasteiger partial charge in [-0.1, -0.05) is 48.0 Å². The molecule has 0 saturated carbocycles. The van der Waals surface area contributed by atoms with Crippen molar-refractivity contribution in [1.29, 1.82) is 0 Å². The minimum atomic E-state index is -5.08. The quantitative estimate of drug-likeness (QED) is 0.151. The predicted molar refractivity (Wildman–Crippen MR) is 209 cm³/mol. The minimum Gasteiger partial charge on any atom is -0.496 e. The summed E-state index contributed by atoms with van der Waals surface area (Å²) in [6.45, 7) is 1.24. The largest absolute Gasteiger partial charge is 0.496 e. The van der Waals surface area contributed by atoms with Gasteiger partial charge in [0.2, 0.25) is 0 Å². The fraction of sp³-hybridized carbons (Fsp3) is 0.237. The zero-order valence-corrected chi connectivity index (χ0v) is 33.5. The average Bonchev–Trinajstić information content (AvgIpc) is 3.75. The maximum absolute atomic E-state index is 13.0. The van der Waals surface area contributed by atoms with Gasteiger partial charge in [0.1, 0.15) is 11.5 Å². The molecule has 0 aliphatic heterocycles. The zero-order chi connectivity index (χ0) is 41.6. The van der Waals surface area contributed by atoms with Gasteiger partial charge >= 0.3 is 12.1 Å². The van der Waals surface area contributed by atoms with Crippen LogP contribution in [0, 0.1) is 0 Å². The second-order valence-electron chi connectivity index (χ2n) is 12.6. The summed E-state index contributed by atoms with van der Waals surface area (Å²) in [4.78, 5) is 13.4. The van der Waals surface area contributed by atoms with Gasteiger partial charge in [0.05, 0.1) is 40.1 Å². The van der Waals surface area contributed by atoms with Crippen molar-refractivity contribution >= 4 is 59.4 Å². The Morgan fingerprint density at radius 2 is 1.12 bits per heavy atom. The molecule has 0 saturated heterocycles. The maximum atomic E-state index is 13.0. The third-order valence-corrected chi connectivity index (χ3v) is 11.8. The number of carboxylic acids is 1. The molecule has 2 aromatic heterocycles. The fourth-order valence-corrected chi connectivity index (χ4v) is 8.81. The molecule has 4 aromatic carbocycles. The van der Waals surface area contributed by atoms with E-state index in [4.69, 9.17) is 31.0 Å². The Hall–Kier alpha value is -5.07. The van der Waals surface area contributed by atoms with E-state index in [0.29, 0.717) is 40.3 Å². The lowest BCUT2D eigenvalue weighted by molar-refractivity contribution is -0.192. The van der Waals surface area contributed by atoms with Crippen LogP contribution in [0.25, 0.3) is 21.8 Å². The standard InChI is InChI=1S/C18H19ClN2O3S.C18H20N2O3S.C2HF3O2/c1-20(2)11-14-17(24-3)10-9-16-18(14)15(19)12-21(16)25(22,23)13-7-5-4-6-8-13;1-19(2)13-16-15-11-12-20(17(15)9-10-18(16)23-3)24(21,22)14-7-5-4-6-8-14;3-2(4,5)1(6)7/h4-10,12H,11H2,1-3H3;4-12H,13H2,1-3H3;(H,6,7). The highest BCUT2D eigenvalue weighted by Crippen LogP contribution is 2.37. The first-order chi connectivity index (χ1) is 26.2. The van der Waals surface area contributed by atoms with Gasteiger partial charge in [0.25, 0.3) is 20.0 Å². The van der Waals surface area contributed by atoms with E-state index in [-0.39, 0.29) is 9.79 Å². The van der Waals surface area contributed by atoms with E-state index in [1.165, 1.54) is 14.1 Å². The number of hydrogen-bond acceptors (Lipinski definition) is 9. The maximum Gasteiger partial charge on any atom is 0.490 e. The third kappa shape index (κ3) is 9.65. The van der Waals surface area contributed by atoms with E-state index in [1.54, 1.807) is 99.3 Å². The Bertz CT molecular complexity index is 2520. The summed E-state index contributed by atoms with van der Waals surface area (Å²) in [5.74, 6) is -1.32. The highest BCUT2D eigenvalue weighted by atomic mass is 35.5. The molecule has 0 radical (unpaired) electrons. The van der Waals surface area contributed by atoms with Crippen LogP contribution >= 0.6 is 11.6 Å². The van der Waals surface area contributed by atoms with Crippen LogP contribution in [-0.2, 0) is 37.9 Å². The number of carboxylic acid groups (broad SMARTS) is 1. The Morgan fingerprint density at radius 3 is 1.57 bits per heavy atom. The molecule has 56 heavy (non-hydrogen) atoms. The second kappa shape index (κ2) is 17.8. The van der Waals surface area contributed by atoms with Gasteiger partial charge < -0.3 is 24.4 Å². The molecule has 1 N–H and O–H groups in total. The summed E-state index contributed by atoms with van der Waals surface area (Å²) in [7, 11) is 3.66. The van der Waals surface area contributed by atoms with Crippen molar-refractivity contribution in [3.8, 4) is 11.5 Å². The van der Waals surface area contributed by atoms with Gasteiger partial charge in [-0.15, -0.1) is 0 Å². The van der Waals surface area contributed by atoms with E-state index in [1.807, 2.05) is 50.1 Å². The number of nitrogens with zero attached hydrogens (tertiary/aromatic N) is 4. The molecule has 0 spiro atoms. The van der Waals surface area contributed by atoms with Crippen LogP contribution in [0.1, 0.15) is 11.1 Å². The molecule has 0 aliphatic rings. The van der Waals surface area contributed by atoms with Crippen LogP contribution in [0.2, 0.25) is 5.02 Å². The van der Waals surface area contributed by atoms with Gasteiger partial charge in [0.15, 0.2) is 0 Å². The summed E-state index contributed by atoms with van der Waals surface area (Å²) in [6.07, 6.45) is -2.03. The Labute approximate surface area is 327 Å². The van der Waals surface area contributed by atoms with Gasteiger partial charge in [0, 0.05) is 47.4 Å². The van der Waals surface area contributed by atoms with Crippen molar-refractivity contribution < 1.29 is 49.4 Å². The number of hydrogen-bond donors (Lipinski definition) is 1. The lowest BCUT2D eigenvalue weighted by Gasteiger charge is -2.15. The Morgan fingerprint density at radius 1 is 0.696 bits per heavy atom. The first-order valence-corrected chi connectivity index (χ1v) is 19.8. The predicted octanol–water partition coefficient (Wildman–Crippen LogP) is 7.18. The molecule has 0 fully saturated rings. The van der Waals surface area contributed by atoms with E-state index in [0.717, 1.165) is 22.3 Å². The number of fused-ring (bicyclic) bond motifs is 2. The summed E-state index contributed by atoms with van der Waals surface area (Å²) in [5, 5.41) is 9.07. The molecule has 2 heterocycles. The highest BCUT2D eigenvalue weighted by molar-refractivity contribution is 7.90. The van der Waals surface area contributed by atoms with Crippen LogP contribution in [0.3, 0.4) is 0 Å². The molecule has 12 nitrogen and oxygen atoms in total. The van der Waals surface area contributed by atoms with Gasteiger partial charge in [-0.3, -0.25) is 0 Å². The molecule has 6 aromatic rings.